The first-order valence-corrected chi connectivity index (χ1v) is 12.9. The van der Waals surface area contributed by atoms with Gasteiger partial charge in [-0.25, -0.2) is 0 Å². The monoisotopic (exact) mass is 505 g/mol. The number of carbonyl (C=O) groups is 4. The van der Waals surface area contributed by atoms with E-state index in [1.54, 1.807) is 19.2 Å². The van der Waals surface area contributed by atoms with Crippen molar-refractivity contribution in [2.24, 2.45) is 5.41 Å². The summed E-state index contributed by atoms with van der Waals surface area (Å²) in [5.41, 5.74) is 1.36. The summed E-state index contributed by atoms with van der Waals surface area (Å²) in [6.45, 7) is 1.93. The SMILES string of the molecule is COc1ccc(C[C@H](NC(=O)[C@H]2CCCC(=O)N2)C(=O)N[C@@H](Cc2ccccc2)C(=O)C2(C)CC2)cc1. The molecule has 1 aliphatic carbocycles. The summed E-state index contributed by atoms with van der Waals surface area (Å²) < 4.78 is 5.22. The minimum absolute atomic E-state index is 0.0128. The van der Waals surface area contributed by atoms with Crippen molar-refractivity contribution in [3.05, 3.63) is 65.7 Å². The van der Waals surface area contributed by atoms with E-state index in [2.05, 4.69) is 16.0 Å². The van der Waals surface area contributed by atoms with Crippen LogP contribution < -0.4 is 20.7 Å². The lowest BCUT2D eigenvalue weighted by Gasteiger charge is -2.27. The predicted octanol–water partition coefficient (Wildman–Crippen LogP) is 2.49. The van der Waals surface area contributed by atoms with Crippen LogP contribution in [0.1, 0.15) is 50.2 Å². The molecular weight excluding hydrogens is 470 g/mol. The van der Waals surface area contributed by atoms with Gasteiger partial charge in [-0.15, -0.1) is 0 Å². The highest BCUT2D eigenvalue weighted by molar-refractivity contribution is 5.97. The number of hydrogen-bond donors (Lipinski definition) is 3. The third-order valence-electron chi connectivity index (χ3n) is 7.29. The van der Waals surface area contributed by atoms with Gasteiger partial charge < -0.3 is 20.7 Å². The Balaban J connectivity index is 1.53. The first kappa shape index (κ1) is 26.4. The Morgan fingerprint density at radius 3 is 2.24 bits per heavy atom. The molecule has 0 radical (unpaired) electrons. The summed E-state index contributed by atoms with van der Waals surface area (Å²) in [7, 11) is 1.58. The molecule has 2 aromatic carbocycles. The second kappa shape index (κ2) is 11.6. The second-order valence-electron chi connectivity index (χ2n) is 10.3. The number of benzene rings is 2. The molecule has 0 spiro atoms. The van der Waals surface area contributed by atoms with E-state index in [-0.39, 0.29) is 18.1 Å². The number of ketones is 1. The highest BCUT2D eigenvalue weighted by Gasteiger charge is 2.48. The number of nitrogens with one attached hydrogen (secondary N) is 3. The Morgan fingerprint density at radius 2 is 1.62 bits per heavy atom. The van der Waals surface area contributed by atoms with Crippen molar-refractivity contribution in [2.45, 2.75) is 70.0 Å². The summed E-state index contributed by atoms with van der Waals surface area (Å²) in [5.74, 6) is -0.302. The van der Waals surface area contributed by atoms with Crippen molar-refractivity contribution in [1.29, 1.82) is 0 Å². The Labute approximate surface area is 217 Å². The highest BCUT2D eigenvalue weighted by Crippen LogP contribution is 2.46. The van der Waals surface area contributed by atoms with Gasteiger partial charge in [-0.05, 0) is 55.4 Å². The van der Waals surface area contributed by atoms with Crippen LogP contribution in [0.5, 0.6) is 5.75 Å². The Morgan fingerprint density at radius 1 is 0.973 bits per heavy atom. The molecule has 37 heavy (non-hydrogen) atoms. The molecule has 1 aliphatic heterocycles. The minimum atomic E-state index is -0.919. The molecule has 0 unspecified atom stereocenters. The number of ether oxygens (including phenoxy) is 1. The zero-order chi connectivity index (χ0) is 26.4. The largest absolute Gasteiger partial charge is 0.497 e. The lowest BCUT2D eigenvalue weighted by molar-refractivity contribution is -0.135. The Kier molecular flexibility index (Phi) is 8.26. The summed E-state index contributed by atoms with van der Waals surface area (Å²) in [6, 6.07) is 14.6. The molecule has 0 bridgehead atoms. The first-order valence-electron chi connectivity index (χ1n) is 12.9. The summed E-state index contributed by atoms with van der Waals surface area (Å²) in [6.07, 6.45) is 3.74. The predicted molar refractivity (Wildman–Crippen MR) is 139 cm³/mol. The van der Waals surface area contributed by atoms with Gasteiger partial charge in [-0.1, -0.05) is 49.4 Å². The number of Topliss-reactive ketones (excluding diaryl/α,β-unsaturated/α-hetero) is 1. The van der Waals surface area contributed by atoms with Crippen molar-refractivity contribution in [3.8, 4) is 5.75 Å². The van der Waals surface area contributed by atoms with Crippen molar-refractivity contribution in [2.75, 3.05) is 7.11 Å². The number of piperidine rings is 1. The molecule has 0 aromatic heterocycles. The molecule has 2 aliphatic rings. The van der Waals surface area contributed by atoms with E-state index in [0.29, 0.717) is 31.4 Å². The van der Waals surface area contributed by atoms with Gasteiger partial charge >= 0.3 is 0 Å². The molecule has 1 saturated heterocycles. The van der Waals surface area contributed by atoms with Crippen LogP contribution in [0.25, 0.3) is 0 Å². The van der Waals surface area contributed by atoms with Crippen molar-refractivity contribution in [1.82, 2.24) is 16.0 Å². The van der Waals surface area contributed by atoms with E-state index >= 15 is 0 Å². The number of rotatable bonds is 11. The molecular formula is C29H35N3O5. The zero-order valence-corrected chi connectivity index (χ0v) is 21.4. The van der Waals surface area contributed by atoms with Crippen LogP contribution >= 0.6 is 0 Å². The normalized spacial score (nSPS) is 19.6. The molecule has 8 heteroatoms. The topological polar surface area (TPSA) is 114 Å². The number of methoxy groups -OCH3 is 1. The van der Waals surface area contributed by atoms with E-state index in [1.165, 1.54) is 0 Å². The van der Waals surface area contributed by atoms with E-state index in [9.17, 15) is 19.2 Å². The van der Waals surface area contributed by atoms with E-state index in [4.69, 9.17) is 4.74 Å². The van der Waals surface area contributed by atoms with Gasteiger partial charge in [-0.3, -0.25) is 19.2 Å². The van der Waals surface area contributed by atoms with Crippen LogP contribution in [-0.2, 0) is 32.0 Å². The van der Waals surface area contributed by atoms with Gasteiger partial charge in [0.1, 0.15) is 17.8 Å². The smallest absolute Gasteiger partial charge is 0.243 e. The van der Waals surface area contributed by atoms with Gasteiger partial charge in [0.15, 0.2) is 5.78 Å². The number of amides is 3. The third kappa shape index (κ3) is 6.96. The van der Waals surface area contributed by atoms with Crippen LogP contribution in [0.15, 0.2) is 54.6 Å². The number of hydrogen-bond acceptors (Lipinski definition) is 5. The fraction of sp³-hybridized carbons (Fsp3) is 0.448. The van der Waals surface area contributed by atoms with Crippen molar-refractivity contribution >= 4 is 23.5 Å². The van der Waals surface area contributed by atoms with Gasteiger partial charge in [0.2, 0.25) is 17.7 Å². The van der Waals surface area contributed by atoms with Crippen LogP contribution in [0.3, 0.4) is 0 Å². The zero-order valence-electron chi connectivity index (χ0n) is 21.4. The number of carbonyl (C=O) groups excluding carboxylic acids is 4. The lowest BCUT2D eigenvalue weighted by Crippen LogP contribution is -2.57. The maximum atomic E-state index is 13.6. The first-order chi connectivity index (χ1) is 17.8. The van der Waals surface area contributed by atoms with Crippen LogP contribution in [-0.4, -0.2) is 48.7 Å². The molecule has 3 atom stereocenters. The molecule has 8 nitrogen and oxygen atoms in total. The maximum absolute atomic E-state index is 13.6. The third-order valence-corrected chi connectivity index (χ3v) is 7.29. The van der Waals surface area contributed by atoms with Gasteiger partial charge in [-0.2, -0.15) is 0 Å². The molecule has 1 saturated carbocycles. The van der Waals surface area contributed by atoms with Crippen molar-refractivity contribution in [3.63, 3.8) is 0 Å². The van der Waals surface area contributed by atoms with Gasteiger partial charge in [0.25, 0.3) is 0 Å². The Hall–Kier alpha value is -3.68. The van der Waals surface area contributed by atoms with E-state index in [1.807, 2.05) is 49.4 Å². The summed E-state index contributed by atoms with van der Waals surface area (Å²) in [4.78, 5) is 51.8. The Bertz CT molecular complexity index is 1130. The minimum Gasteiger partial charge on any atom is -0.497 e. The second-order valence-corrected chi connectivity index (χ2v) is 10.3. The van der Waals surface area contributed by atoms with E-state index in [0.717, 1.165) is 24.0 Å². The molecule has 3 N–H and O–H groups in total. The quantitative estimate of drug-likeness (QED) is 0.434. The van der Waals surface area contributed by atoms with Crippen LogP contribution in [0, 0.1) is 5.41 Å². The molecule has 4 rings (SSSR count). The molecule has 3 amide bonds. The molecule has 2 aromatic rings. The lowest BCUT2D eigenvalue weighted by atomic mass is 9.92. The average Bonchev–Trinajstić information content (AvgIpc) is 3.66. The fourth-order valence-electron chi connectivity index (χ4n) is 4.67. The standard InChI is InChI=1S/C29H35N3O5/c1-29(15-16-29)26(34)23(17-19-7-4-3-5-8-19)31-28(36)24(18-20-11-13-21(37-2)14-12-20)32-27(35)22-9-6-10-25(33)30-22/h3-5,7-8,11-14,22-24H,6,9-10,15-18H2,1-2H3,(H,30,33)(H,31,36)(H,32,35)/t22-,23+,24+/m1/s1. The van der Waals surface area contributed by atoms with E-state index < -0.39 is 35.4 Å². The fourth-order valence-corrected chi connectivity index (χ4v) is 4.67. The molecule has 196 valence electrons. The van der Waals surface area contributed by atoms with Crippen LogP contribution in [0.2, 0.25) is 0 Å². The summed E-state index contributed by atoms with van der Waals surface area (Å²) >= 11 is 0. The van der Waals surface area contributed by atoms with Crippen molar-refractivity contribution < 1.29 is 23.9 Å². The van der Waals surface area contributed by atoms with Crippen LogP contribution in [0.4, 0.5) is 0 Å². The van der Waals surface area contributed by atoms with Gasteiger partial charge in [0.05, 0.1) is 13.2 Å². The molecule has 2 fully saturated rings. The maximum Gasteiger partial charge on any atom is 0.243 e. The molecule has 1 heterocycles. The highest BCUT2D eigenvalue weighted by atomic mass is 16.5. The van der Waals surface area contributed by atoms with Gasteiger partial charge in [0, 0.05) is 18.3 Å². The average molecular weight is 506 g/mol. The summed E-state index contributed by atoms with van der Waals surface area (Å²) in [5, 5.41) is 8.50.